The lowest BCUT2D eigenvalue weighted by Gasteiger charge is -2.02. The van der Waals surface area contributed by atoms with Gasteiger partial charge in [0.25, 0.3) is 0 Å². The number of hydrogen-bond acceptors (Lipinski definition) is 1. The Labute approximate surface area is 67.0 Å². The van der Waals surface area contributed by atoms with E-state index in [1.54, 1.807) is 0 Å². The van der Waals surface area contributed by atoms with E-state index < -0.39 is 0 Å². The van der Waals surface area contributed by atoms with Crippen LogP contribution in [0.25, 0.3) is 0 Å². The van der Waals surface area contributed by atoms with E-state index in [4.69, 9.17) is 0 Å². The normalized spacial score (nSPS) is 21.5. The number of fused-ring (bicyclic) bond motifs is 1. The van der Waals surface area contributed by atoms with Crippen LogP contribution in [0.3, 0.4) is 0 Å². The lowest BCUT2D eigenvalue weighted by atomic mass is 10.1. The van der Waals surface area contributed by atoms with Crippen molar-refractivity contribution in [1.82, 2.24) is 4.98 Å². The van der Waals surface area contributed by atoms with Crippen molar-refractivity contribution >= 4 is 5.82 Å². The summed E-state index contributed by atoms with van der Waals surface area (Å²) in [6.45, 7) is 6.52. The van der Waals surface area contributed by atoms with Crippen LogP contribution in [0.1, 0.15) is 23.7 Å². The van der Waals surface area contributed by atoms with Gasteiger partial charge in [0.2, 0.25) is 0 Å². The highest BCUT2D eigenvalue weighted by Crippen LogP contribution is 2.29. The van der Waals surface area contributed by atoms with Crippen molar-refractivity contribution in [2.24, 2.45) is 0 Å². The first-order valence-corrected chi connectivity index (χ1v) is 4.13. The number of hydrogen-bond donors (Lipinski definition) is 2. The molecule has 1 aliphatic rings. The average molecular weight is 150 g/mol. The summed E-state index contributed by atoms with van der Waals surface area (Å²) in [6, 6.07) is 0.607. The highest BCUT2D eigenvalue weighted by atomic mass is 15.0. The van der Waals surface area contributed by atoms with E-state index in [1.807, 2.05) is 0 Å². The topological polar surface area (TPSA) is 27.8 Å². The van der Waals surface area contributed by atoms with Crippen LogP contribution in [-0.4, -0.2) is 11.0 Å². The third-order valence-electron chi connectivity index (χ3n) is 2.53. The molecule has 0 aliphatic carbocycles. The molecule has 0 fully saturated rings. The Morgan fingerprint density at radius 3 is 2.73 bits per heavy atom. The lowest BCUT2D eigenvalue weighted by Crippen LogP contribution is -2.10. The fourth-order valence-electron chi connectivity index (χ4n) is 1.75. The van der Waals surface area contributed by atoms with Crippen molar-refractivity contribution in [3.63, 3.8) is 0 Å². The molecule has 2 rings (SSSR count). The molecule has 1 aromatic heterocycles. The third-order valence-corrected chi connectivity index (χ3v) is 2.53. The second kappa shape index (κ2) is 2.03. The van der Waals surface area contributed by atoms with Gasteiger partial charge in [-0.1, -0.05) is 0 Å². The van der Waals surface area contributed by atoms with Crippen LogP contribution in [0.2, 0.25) is 0 Å². The molecule has 0 unspecified atom stereocenters. The molecule has 2 heteroatoms. The van der Waals surface area contributed by atoms with Crippen molar-refractivity contribution in [2.45, 2.75) is 33.2 Å². The van der Waals surface area contributed by atoms with E-state index in [9.17, 15) is 0 Å². The van der Waals surface area contributed by atoms with Crippen LogP contribution in [0.4, 0.5) is 5.82 Å². The lowest BCUT2D eigenvalue weighted by molar-refractivity contribution is 0.830. The summed E-state index contributed by atoms with van der Waals surface area (Å²) in [4.78, 5) is 3.34. The SMILES string of the molecule is Cc1[nH]c2c(c1C)C[C@@H](C)N2. The molecule has 1 aliphatic heterocycles. The van der Waals surface area contributed by atoms with Crippen LogP contribution < -0.4 is 5.32 Å². The minimum atomic E-state index is 0.607. The zero-order chi connectivity index (χ0) is 8.01. The van der Waals surface area contributed by atoms with E-state index >= 15 is 0 Å². The molecule has 0 spiro atoms. The van der Waals surface area contributed by atoms with Crippen LogP contribution in [0.15, 0.2) is 0 Å². The van der Waals surface area contributed by atoms with Gasteiger partial charge in [-0.3, -0.25) is 0 Å². The molecule has 0 amide bonds. The van der Waals surface area contributed by atoms with Crippen LogP contribution in [-0.2, 0) is 6.42 Å². The highest BCUT2D eigenvalue weighted by Gasteiger charge is 2.21. The molecule has 11 heavy (non-hydrogen) atoms. The number of H-pyrrole nitrogens is 1. The Bertz CT molecular complexity index is 286. The molecule has 60 valence electrons. The van der Waals surface area contributed by atoms with Crippen LogP contribution in [0, 0.1) is 13.8 Å². The van der Waals surface area contributed by atoms with Gasteiger partial charge in [-0.15, -0.1) is 0 Å². The minimum Gasteiger partial charge on any atom is -0.369 e. The number of aromatic nitrogens is 1. The number of aryl methyl sites for hydroxylation is 1. The van der Waals surface area contributed by atoms with Gasteiger partial charge in [0.05, 0.1) is 0 Å². The van der Waals surface area contributed by atoms with Gasteiger partial charge >= 0.3 is 0 Å². The van der Waals surface area contributed by atoms with Crippen LogP contribution >= 0.6 is 0 Å². The molecule has 0 aromatic carbocycles. The highest BCUT2D eigenvalue weighted by molar-refractivity contribution is 5.57. The molecular weight excluding hydrogens is 136 g/mol. The zero-order valence-electron chi connectivity index (χ0n) is 7.28. The van der Waals surface area contributed by atoms with Crippen LogP contribution in [0.5, 0.6) is 0 Å². The summed E-state index contributed by atoms with van der Waals surface area (Å²) in [6.07, 6.45) is 1.17. The summed E-state index contributed by atoms with van der Waals surface area (Å²) in [5, 5.41) is 3.40. The molecule has 0 bridgehead atoms. The largest absolute Gasteiger partial charge is 0.369 e. The fourth-order valence-corrected chi connectivity index (χ4v) is 1.75. The maximum atomic E-state index is 3.40. The molecule has 2 N–H and O–H groups in total. The van der Waals surface area contributed by atoms with Gasteiger partial charge in [0.15, 0.2) is 0 Å². The van der Waals surface area contributed by atoms with Gasteiger partial charge in [0, 0.05) is 11.7 Å². The van der Waals surface area contributed by atoms with E-state index in [0.717, 1.165) is 0 Å². The molecular formula is C9H14N2. The first-order valence-electron chi connectivity index (χ1n) is 4.13. The molecule has 0 saturated heterocycles. The number of nitrogens with one attached hydrogen (secondary N) is 2. The minimum absolute atomic E-state index is 0.607. The van der Waals surface area contributed by atoms with Gasteiger partial charge in [-0.25, -0.2) is 0 Å². The second-order valence-electron chi connectivity index (χ2n) is 3.48. The Morgan fingerprint density at radius 2 is 2.09 bits per heavy atom. The molecule has 1 aromatic rings. The number of aromatic amines is 1. The summed E-state index contributed by atoms with van der Waals surface area (Å²) in [7, 11) is 0. The first kappa shape index (κ1) is 6.77. The number of rotatable bonds is 0. The molecule has 0 saturated carbocycles. The van der Waals surface area contributed by atoms with Crippen molar-refractivity contribution < 1.29 is 0 Å². The van der Waals surface area contributed by atoms with Gasteiger partial charge in [-0.2, -0.15) is 0 Å². The van der Waals surface area contributed by atoms with Crippen molar-refractivity contribution in [3.8, 4) is 0 Å². The maximum absolute atomic E-state index is 3.40. The standard InChI is InChI=1S/C9H14N2/c1-5-4-8-6(2)7(3)11-9(8)10-5/h5,10-11H,4H2,1-3H3/t5-/m1/s1. The van der Waals surface area contributed by atoms with E-state index in [-0.39, 0.29) is 0 Å². The Balaban J connectivity index is 2.48. The predicted octanol–water partition coefficient (Wildman–Crippen LogP) is 1.99. The monoisotopic (exact) mass is 150 g/mol. The van der Waals surface area contributed by atoms with Gasteiger partial charge < -0.3 is 10.3 Å². The maximum Gasteiger partial charge on any atom is 0.107 e. The number of anilines is 1. The zero-order valence-corrected chi connectivity index (χ0v) is 7.28. The smallest absolute Gasteiger partial charge is 0.107 e. The second-order valence-corrected chi connectivity index (χ2v) is 3.48. The predicted molar refractivity (Wildman–Crippen MR) is 47.1 cm³/mol. The van der Waals surface area contributed by atoms with E-state index in [1.165, 1.54) is 29.1 Å². The molecule has 2 nitrogen and oxygen atoms in total. The summed E-state index contributed by atoms with van der Waals surface area (Å²) >= 11 is 0. The molecule has 0 radical (unpaired) electrons. The summed E-state index contributed by atoms with van der Waals surface area (Å²) in [5.74, 6) is 1.24. The van der Waals surface area contributed by atoms with E-state index in [2.05, 4.69) is 31.1 Å². The molecule has 1 atom stereocenters. The fraction of sp³-hybridized carbons (Fsp3) is 0.556. The van der Waals surface area contributed by atoms with E-state index in [0.29, 0.717) is 6.04 Å². The third kappa shape index (κ3) is 0.854. The van der Waals surface area contributed by atoms with Crippen molar-refractivity contribution in [2.75, 3.05) is 5.32 Å². The first-order chi connectivity index (χ1) is 5.18. The Hall–Kier alpha value is -0.920. The summed E-state index contributed by atoms with van der Waals surface area (Å²) < 4.78 is 0. The average Bonchev–Trinajstić information content (AvgIpc) is 2.37. The van der Waals surface area contributed by atoms with Crippen molar-refractivity contribution in [1.29, 1.82) is 0 Å². The Kier molecular flexibility index (Phi) is 1.25. The van der Waals surface area contributed by atoms with Gasteiger partial charge in [0.1, 0.15) is 5.82 Å². The van der Waals surface area contributed by atoms with Crippen molar-refractivity contribution in [3.05, 3.63) is 16.8 Å². The Morgan fingerprint density at radius 1 is 1.36 bits per heavy atom. The summed E-state index contributed by atoms with van der Waals surface area (Å²) in [5.41, 5.74) is 4.21. The molecule has 2 heterocycles. The van der Waals surface area contributed by atoms with Gasteiger partial charge in [-0.05, 0) is 38.3 Å². The quantitative estimate of drug-likeness (QED) is 0.581.